The van der Waals surface area contributed by atoms with Crippen LogP contribution in [-0.2, 0) is 33.3 Å². The van der Waals surface area contributed by atoms with Gasteiger partial charge in [0, 0.05) is 0 Å². The molecule has 24 heavy (non-hydrogen) atoms. The van der Waals surface area contributed by atoms with Crippen LogP contribution in [0.3, 0.4) is 0 Å². The number of carbonyl (C=O) groups is 2. The highest BCUT2D eigenvalue weighted by Crippen LogP contribution is 2.44. The lowest BCUT2D eigenvalue weighted by molar-refractivity contribution is -0.231. The molecular weight excluding hydrogens is 322 g/mol. The molecule has 0 bridgehead atoms. The van der Waals surface area contributed by atoms with Crippen molar-refractivity contribution < 1.29 is 38.4 Å². The number of amides is 1. The van der Waals surface area contributed by atoms with Gasteiger partial charge in [0.25, 0.3) is 5.91 Å². The molecule has 0 aromatic rings. The number of carbonyl (C=O) groups excluding carboxylic acids is 1. The maximum Gasteiger partial charge on any atom is 0.325 e. The number of nitrogens with one attached hydrogen (secondary N) is 1. The molecule has 0 aromatic heterocycles. The predicted octanol–water partition coefficient (Wildman–Crippen LogP) is -0.0278. The Kier molecular flexibility index (Phi) is 4.12. The van der Waals surface area contributed by atoms with Crippen molar-refractivity contribution in [3.63, 3.8) is 0 Å². The van der Waals surface area contributed by atoms with Crippen LogP contribution in [0.2, 0.25) is 0 Å². The maximum absolute atomic E-state index is 12.5. The summed E-state index contributed by atoms with van der Waals surface area (Å²) in [6.07, 6.45) is -3.67. The van der Waals surface area contributed by atoms with Gasteiger partial charge in [-0.2, -0.15) is 0 Å². The molecule has 0 aromatic carbocycles. The van der Waals surface area contributed by atoms with Crippen molar-refractivity contribution >= 4 is 11.9 Å². The second-order valence-electron chi connectivity index (χ2n) is 7.16. The van der Waals surface area contributed by atoms with Crippen LogP contribution in [0.4, 0.5) is 0 Å². The summed E-state index contributed by atoms with van der Waals surface area (Å²) in [5.74, 6) is -3.52. The van der Waals surface area contributed by atoms with Crippen LogP contribution in [0.15, 0.2) is 0 Å². The number of ether oxygens (including phenoxy) is 5. The van der Waals surface area contributed by atoms with Gasteiger partial charge in [0.2, 0.25) is 0 Å². The third kappa shape index (κ3) is 3.14. The van der Waals surface area contributed by atoms with E-state index < -0.39 is 60.2 Å². The van der Waals surface area contributed by atoms with E-state index in [9.17, 15) is 9.59 Å². The van der Waals surface area contributed by atoms with Gasteiger partial charge in [0.15, 0.2) is 24.0 Å². The molecule has 0 radical (unpaired) electrons. The summed E-state index contributed by atoms with van der Waals surface area (Å²) in [5, 5.41) is 11.4. The fourth-order valence-corrected chi connectivity index (χ4v) is 3.18. The molecule has 3 saturated heterocycles. The first-order chi connectivity index (χ1) is 11.0. The molecule has 6 atom stereocenters. The molecule has 2 unspecified atom stereocenters. The highest BCUT2D eigenvalue weighted by molar-refractivity contribution is 5.86. The fraction of sp³-hybridized carbons (Fsp3) is 0.867. The van der Waals surface area contributed by atoms with Crippen LogP contribution >= 0.6 is 0 Å². The van der Waals surface area contributed by atoms with Crippen molar-refractivity contribution in [2.24, 2.45) is 0 Å². The smallest absolute Gasteiger partial charge is 0.325 e. The summed E-state index contributed by atoms with van der Waals surface area (Å²) in [6.45, 7) is 8.32. The van der Waals surface area contributed by atoms with E-state index in [1.54, 1.807) is 27.7 Å². The minimum atomic E-state index is -1.14. The van der Waals surface area contributed by atoms with Gasteiger partial charge in [-0.1, -0.05) is 0 Å². The second kappa shape index (κ2) is 5.63. The Bertz CT molecular complexity index is 548. The number of carboxylic acids is 1. The number of fused-ring (bicyclic) bond motifs is 3. The first kappa shape index (κ1) is 17.6. The number of hydrogen-bond donors (Lipinski definition) is 2. The Hall–Kier alpha value is -1.26. The van der Waals surface area contributed by atoms with E-state index in [2.05, 4.69) is 5.32 Å². The summed E-state index contributed by atoms with van der Waals surface area (Å²) in [5.41, 5.74) is 0. The minimum absolute atomic E-state index is 0.535. The molecule has 0 aliphatic carbocycles. The molecule has 3 rings (SSSR count). The highest BCUT2D eigenvalue weighted by atomic mass is 16.9. The standard InChI is InChI=1S/C15H23NO8/c1-6(12(18)19)16-11(17)9-7-8(22-14(2,3)21-7)10-13(20-9)24-15(4,5)23-10/h6-10,13H,1-5H3,(H,16,17)(H,18,19)/t6?,7-,8+,9?,10-,13-/m1/s1. The highest BCUT2D eigenvalue weighted by Gasteiger charge is 2.62. The largest absolute Gasteiger partial charge is 0.480 e. The van der Waals surface area contributed by atoms with Gasteiger partial charge >= 0.3 is 5.97 Å². The van der Waals surface area contributed by atoms with E-state index in [4.69, 9.17) is 28.8 Å². The molecule has 0 saturated carbocycles. The van der Waals surface area contributed by atoms with Gasteiger partial charge in [-0.05, 0) is 34.6 Å². The summed E-state index contributed by atoms with van der Waals surface area (Å²) in [7, 11) is 0. The summed E-state index contributed by atoms with van der Waals surface area (Å²) in [6, 6.07) is -1.05. The van der Waals surface area contributed by atoms with E-state index in [1.165, 1.54) is 6.92 Å². The third-order valence-corrected chi connectivity index (χ3v) is 4.14. The lowest BCUT2D eigenvalue weighted by Crippen LogP contribution is -2.60. The van der Waals surface area contributed by atoms with Gasteiger partial charge in [-0.15, -0.1) is 0 Å². The average Bonchev–Trinajstić information content (AvgIpc) is 2.91. The zero-order valence-electron chi connectivity index (χ0n) is 14.3. The lowest BCUT2D eigenvalue weighted by Gasteiger charge is -2.36. The number of aliphatic carboxylic acids is 1. The first-order valence-corrected chi connectivity index (χ1v) is 7.89. The monoisotopic (exact) mass is 345 g/mol. The average molecular weight is 345 g/mol. The topological polar surface area (TPSA) is 113 Å². The van der Waals surface area contributed by atoms with E-state index in [0.29, 0.717) is 0 Å². The van der Waals surface area contributed by atoms with Crippen LogP contribution in [0.5, 0.6) is 0 Å². The molecule has 3 fully saturated rings. The van der Waals surface area contributed by atoms with Crippen molar-refractivity contribution in [2.75, 3.05) is 0 Å². The molecule has 136 valence electrons. The van der Waals surface area contributed by atoms with E-state index >= 15 is 0 Å². The predicted molar refractivity (Wildman–Crippen MR) is 77.8 cm³/mol. The van der Waals surface area contributed by atoms with Crippen LogP contribution in [0, 0.1) is 0 Å². The lowest BCUT2D eigenvalue weighted by atomic mass is 9.98. The quantitative estimate of drug-likeness (QED) is 0.733. The minimum Gasteiger partial charge on any atom is -0.480 e. The SMILES string of the molecule is CC(NC(=O)C1O[C@@H]2OC(C)(C)O[C@@H]2[C@H]2OC(C)(C)O[C@@H]12)C(=O)O. The van der Waals surface area contributed by atoms with Crippen molar-refractivity contribution in [2.45, 2.75) is 82.9 Å². The first-order valence-electron chi connectivity index (χ1n) is 7.89. The van der Waals surface area contributed by atoms with Crippen LogP contribution in [-0.4, -0.2) is 65.3 Å². The Morgan fingerprint density at radius 2 is 1.50 bits per heavy atom. The van der Waals surface area contributed by atoms with E-state index in [-0.39, 0.29) is 0 Å². The Morgan fingerprint density at radius 3 is 2.12 bits per heavy atom. The normalized spacial score (nSPS) is 40.5. The molecular formula is C15H23NO8. The molecule has 3 heterocycles. The molecule has 0 spiro atoms. The van der Waals surface area contributed by atoms with Gasteiger partial charge in [0.05, 0.1) is 0 Å². The molecule has 3 aliphatic rings. The second-order valence-corrected chi connectivity index (χ2v) is 7.16. The molecule has 9 nitrogen and oxygen atoms in total. The number of carboxylic acid groups (broad SMARTS) is 1. The zero-order valence-corrected chi connectivity index (χ0v) is 14.3. The summed E-state index contributed by atoms with van der Waals surface area (Å²) in [4.78, 5) is 23.4. The van der Waals surface area contributed by atoms with Gasteiger partial charge in [0.1, 0.15) is 24.4 Å². The molecule has 9 heteroatoms. The number of hydrogen-bond acceptors (Lipinski definition) is 7. The zero-order chi connectivity index (χ0) is 17.9. The van der Waals surface area contributed by atoms with E-state index in [0.717, 1.165) is 0 Å². The van der Waals surface area contributed by atoms with Gasteiger partial charge < -0.3 is 34.1 Å². The van der Waals surface area contributed by atoms with Gasteiger partial charge in [-0.25, -0.2) is 0 Å². The van der Waals surface area contributed by atoms with Gasteiger partial charge in [-0.3, -0.25) is 9.59 Å². The maximum atomic E-state index is 12.5. The molecule has 1 amide bonds. The number of rotatable bonds is 3. The Morgan fingerprint density at radius 1 is 0.958 bits per heavy atom. The van der Waals surface area contributed by atoms with Crippen molar-refractivity contribution in [3.05, 3.63) is 0 Å². The van der Waals surface area contributed by atoms with Crippen molar-refractivity contribution in [1.82, 2.24) is 5.32 Å². The van der Waals surface area contributed by atoms with Crippen molar-refractivity contribution in [3.8, 4) is 0 Å². The van der Waals surface area contributed by atoms with Crippen LogP contribution in [0.1, 0.15) is 34.6 Å². The third-order valence-electron chi connectivity index (χ3n) is 4.14. The van der Waals surface area contributed by atoms with Crippen molar-refractivity contribution in [1.29, 1.82) is 0 Å². The molecule has 3 aliphatic heterocycles. The summed E-state index contributed by atoms with van der Waals surface area (Å²) < 4.78 is 29.0. The summed E-state index contributed by atoms with van der Waals surface area (Å²) >= 11 is 0. The van der Waals surface area contributed by atoms with E-state index in [1.807, 2.05) is 0 Å². The fourth-order valence-electron chi connectivity index (χ4n) is 3.18. The van der Waals surface area contributed by atoms with Crippen LogP contribution in [0.25, 0.3) is 0 Å². The Balaban J connectivity index is 1.82. The van der Waals surface area contributed by atoms with Crippen LogP contribution < -0.4 is 5.32 Å². The Labute approximate surface area is 139 Å². The molecule has 2 N–H and O–H groups in total.